The van der Waals surface area contributed by atoms with Crippen LogP contribution in [0.1, 0.15) is 24.7 Å². The van der Waals surface area contributed by atoms with Gasteiger partial charge in [0.1, 0.15) is 12.2 Å². The molecule has 1 aromatic rings. The van der Waals surface area contributed by atoms with Gasteiger partial charge in [0, 0.05) is 0 Å². The molecule has 0 saturated heterocycles. The number of hydrogen-bond acceptors (Lipinski definition) is 4. The Balaban J connectivity index is 2.51. The second kappa shape index (κ2) is 4.63. The van der Waals surface area contributed by atoms with Crippen LogP contribution in [0.25, 0.3) is 0 Å². The highest BCUT2D eigenvalue weighted by Gasteiger charge is 2.10. The van der Waals surface area contributed by atoms with Crippen molar-refractivity contribution < 1.29 is 0 Å². The van der Waals surface area contributed by atoms with Crippen LogP contribution in [0.15, 0.2) is 19.0 Å². The second-order valence-electron chi connectivity index (χ2n) is 2.46. The monoisotopic (exact) mass is 167 g/mol. The van der Waals surface area contributed by atoms with E-state index in [1.807, 2.05) is 6.08 Å². The third-order valence-corrected chi connectivity index (χ3v) is 1.62. The summed E-state index contributed by atoms with van der Waals surface area (Å²) in [4.78, 5) is 4.00. The van der Waals surface area contributed by atoms with Gasteiger partial charge in [0.15, 0.2) is 0 Å². The van der Waals surface area contributed by atoms with Crippen LogP contribution in [0, 0.1) is 0 Å². The number of rotatable bonds is 5. The number of H-pyrrole nitrogens is 1. The van der Waals surface area contributed by atoms with Crippen molar-refractivity contribution in [3.8, 4) is 0 Å². The zero-order chi connectivity index (χ0) is 8.81. The molecule has 4 N–H and O–H groups in total. The predicted molar refractivity (Wildman–Crippen MR) is 45.9 cm³/mol. The average molecular weight is 167 g/mol. The Bertz CT molecular complexity index is 218. The molecule has 0 saturated carbocycles. The van der Waals surface area contributed by atoms with Gasteiger partial charge in [-0.05, 0) is 12.8 Å². The summed E-state index contributed by atoms with van der Waals surface area (Å²) in [5.41, 5.74) is 2.66. The normalized spacial score (nSPS) is 12.8. The summed E-state index contributed by atoms with van der Waals surface area (Å²) in [6.07, 6.45) is 5.08. The van der Waals surface area contributed by atoms with Crippen LogP contribution in [-0.2, 0) is 0 Å². The molecular formula is C7H13N5. The van der Waals surface area contributed by atoms with E-state index in [4.69, 9.17) is 5.84 Å². The van der Waals surface area contributed by atoms with Gasteiger partial charge in [0.2, 0.25) is 0 Å². The van der Waals surface area contributed by atoms with Gasteiger partial charge in [-0.25, -0.2) is 10.4 Å². The highest BCUT2D eigenvalue weighted by Crippen LogP contribution is 2.11. The molecule has 0 aromatic carbocycles. The number of allylic oxidation sites excluding steroid dienone is 1. The second-order valence-corrected chi connectivity index (χ2v) is 2.46. The van der Waals surface area contributed by atoms with Crippen LogP contribution in [0.4, 0.5) is 0 Å². The van der Waals surface area contributed by atoms with Gasteiger partial charge in [-0.1, -0.05) is 6.08 Å². The topological polar surface area (TPSA) is 79.6 Å². The first-order valence-corrected chi connectivity index (χ1v) is 3.80. The van der Waals surface area contributed by atoms with E-state index >= 15 is 0 Å². The summed E-state index contributed by atoms with van der Waals surface area (Å²) in [7, 11) is 0. The molecule has 1 unspecified atom stereocenters. The van der Waals surface area contributed by atoms with Gasteiger partial charge in [-0.15, -0.1) is 6.58 Å². The first-order valence-electron chi connectivity index (χ1n) is 3.80. The quantitative estimate of drug-likeness (QED) is 0.334. The molecule has 1 aromatic heterocycles. The number of hydrogen-bond donors (Lipinski definition) is 3. The largest absolute Gasteiger partial charge is 0.271 e. The molecule has 5 nitrogen and oxygen atoms in total. The zero-order valence-corrected chi connectivity index (χ0v) is 6.83. The number of aromatic nitrogens is 3. The van der Waals surface area contributed by atoms with E-state index in [-0.39, 0.29) is 6.04 Å². The molecule has 0 spiro atoms. The summed E-state index contributed by atoms with van der Waals surface area (Å²) in [5.74, 6) is 6.10. The van der Waals surface area contributed by atoms with Crippen LogP contribution < -0.4 is 11.3 Å². The first kappa shape index (κ1) is 8.89. The summed E-state index contributed by atoms with van der Waals surface area (Å²) in [5, 5.41) is 6.50. The molecule has 0 aliphatic heterocycles. The maximum atomic E-state index is 5.33. The lowest BCUT2D eigenvalue weighted by atomic mass is 10.1. The van der Waals surface area contributed by atoms with Gasteiger partial charge < -0.3 is 0 Å². The van der Waals surface area contributed by atoms with E-state index in [1.165, 1.54) is 6.33 Å². The van der Waals surface area contributed by atoms with Crippen molar-refractivity contribution in [2.24, 2.45) is 5.84 Å². The first-order chi connectivity index (χ1) is 5.88. The number of nitrogens with zero attached hydrogens (tertiary/aromatic N) is 2. The van der Waals surface area contributed by atoms with E-state index < -0.39 is 0 Å². The lowest BCUT2D eigenvalue weighted by Gasteiger charge is -2.10. The summed E-state index contributed by atoms with van der Waals surface area (Å²) in [6.45, 7) is 3.63. The Labute approximate surface area is 71.0 Å². The highest BCUT2D eigenvalue weighted by molar-refractivity contribution is 4.91. The molecule has 0 amide bonds. The Morgan fingerprint density at radius 1 is 1.83 bits per heavy atom. The number of nitrogens with two attached hydrogens (primary N) is 1. The highest BCUT2D eigenvalue weighted by atomic mass is 15.3. The maximum absolute atomic E-state index is 5.33. The Morgan fingerprint density at radius 2 is 2.67 bits per heavy atom. The molecule has 12 heavy (non-hydrogen) atoms. The van der Waals surface area contributed by atoms with E-state index in [1.54, 1.807) is 0 Å². The summed E-state index contributed by atoms with van der Waals surface area (Å²) < 4.78 is 0. The molecule has 66 valence electrons. The smallest absolute Gasteiger partial charge is 0.142 e. The molecule has 5 heteroatoms. The van der Waals surface area contributed by atoms with Gasteiger partial charge in [0.25, 0.3) is 0 Å². The lowest BCUT2D eigenvalue weighted by molar-refractivity contribution is 0.496. The minimum atomic E-state index is 0.0329. The average Bonchev–Trinajstić information content (AvgIpc) is 2.59. The fourth-order valence-corrected chi connectivity index (χ4v) is 0.966. The van der Waals surface area contributed by atoms with Crippen LogP contribution in [-0.4, -0.2) is 15.2 Å². The van der Waals surface area contributed by atoms with Gasteiger partial charge in [-0.2, -0.15) is 5.10 Å². The molecule has 1 heterocycles. The van der Waals surface area contributed by atoms with Gasteiger partial charge >= 0.3 is 0 Å². The van der Waals surface area contributed by atoms with Gasteiger partial charge in [0.05, 0.1) is 6.04 Å². The Hall–Kier alpha value is -1.20. The van der Waals surface area contributed by atoms with Crippen molar-refractivity contribution >= 4 is 0 Å². The molecule has 0 aliphatic carbocycles. The summed E-state index contributed by atoms with van der Waals surface area (Å²) in [6, 6.07) is 0.0329. The van der Waals surface area contributed by atoms with E-state index in [0.29, 0.717) is 0 Å². The third kappa shape index (κ3) is 2.14. The van der Waals surface area contributed by atoms with E-state index in [0.717, 1.165) is 18.7 Å². The molecule has 0 fully saturated rings. The van der Waals surface area contributed by atoms with Crippen molar-refractivity contribution in [1.29, 1.82) is 0 Å². The molecule has 0 bridgehead atoms. The van der Waals surface area contributed by atoms with Gasteiger partial charge in [-0.3, -0.25) is 10.9 Å². The van der Waals surface area contributed by atoms with Crippen LogP contribution in [0.2, 0.25) is 0 Å². The molecular weight excluding hydrogens is 154 g/mol. The number of nitrogens with one attached hydrogen (secondary N) is 2. The fourth-order valence-electron chi connectivity index (χ4n) is 0.966. The maximum Gasteiger partial charge on any atom is 0.142 e. The van der Waals surface area contributed by atoms with Crippen LogP contribution in [0.3, 0.4) is 0 Å². The standard InChI is InChI=1S/C7H13N5/c1-2-3-4-6(11-8)7-9-5-10-12-7/h2,5-6,11H,1,3-4,8H2,(H,9,10,12). The Kier molecular flexibility index (Phi) is 3.43. The van der Waals surface area contributed by atoms with Crippen LogP contribution in [0.5, 0.6) is 0 Å². The van der Waals surface area contributed by atoms with E-state index in [9.17, 15) is 0 Å². The lowest BCUT2D eigenvalue weighted by Crippen LogP contribution is -2.28. The minimum absolute atomic E-state index is 0.0329. The van der Waals surface area contributed by atoms with Crippen molar-refractivity contribution in [1.82, 2.24) is 20.6 Å². The molecule has 1 rings (SSSR count). The third-order valence-electron chi connectivity index (χ3n) is 1.62. The molecule has 0 radical (unpaired) electrons. The van der Waals surface area contributed by atoms with Crippen molar-refractivity contribution in [2.75, 3.05) is 0 Å². The van der Waals surface area contributed by atoms with Crippen molar-refractivity contribution in [2.45, 2.75) is 18.9 Å². The van der Waals surface area contributed by atoms with Crippen LogP contribution >= 0.6 is 0 Å². The summed E-state index contributed by atoms with van der Waals surface area (Å²) >= 11 is 0. The Morgan fingerprint density at radius 3 is 3.17 bits per heavy atom. The number of aromatic amines is 1. The van der Waals surface area contributed by atoms with Crippen molar-refractivity contribution in [3.05, 3.63) is 24.8 Å². The SMILES string of the molecule is C=CCCC(NN)c1ncn[nH]1. The number of hydrazine groups is 1. The fraction of sp³-hybridized carbons (Fsp3) is 0.429. The molecule has 1 atom stereocenters. The minimum Gasteiger partial charge on any atom is -0.271 e. The predicted octanol–water partition coefficient (Wildman–Crippen LogP) is 0.275. The zero-order valence-electron chi connectivity index (χ0n) is 6.83. The van der Waals surface area contributed by atoms with Crippen molar-refractivity contribution in [3.63, 3.8) is 0 Å². The van der Waals surface area contributed by atoms with E-state index in [2.05, 4.69) is 27.2 Å². The molecule has 0 aliphatic rings.